The third-order valence-electron chi connectivity index (χ3n) is 3.84. The highest BCUT2D eigenvalue weighted by Crippen LogP contribution is 2.10. The van der Waals surface area contributed by atoms with Crippen molar-refractivity contribution in [3.63, 3.8) is 0 Å². The summed E-state index contributed by atoms with van der Waals surface area (Å²) in [4.78, 5) is 48.6. The largest absolute Gasteiger partial charge is 0.462 e. The number of nitrogens with one attached hydrogen (secondary N) is 1. The van der Waals surface area contributed by atoms with Gasteiger partial charge in [0, 0.05) is 18.3 Å². The van der Waals surface area contributed by atoms with Crippen molar-refractivity contribution in [3.8, 4) is 0 Å². The molecule has 150 valence electrons. The van der Waals surface area contributed by atoms with Crippen LogP contribution < -0.4 is 22.3 Å². The van der Waals surface area contributed by atoms with E-state index in [0.29, 0.717) is 17.8 Å². The van der Waals surface area contributed by atoms with Gasteiger partial charge in [-0.25, -0.2) is 9.59 Å². The predicted molar refractivity (Wildman–Crippen MR) is 105 cm³/mol. The van der Waals surface area contributed by atoms with Crippen molar-refractivity contribution in [2.75, 3.05) is 17.7 Å². The molecule has 0 unspecified atom stereocenters. The number of nitrogen functional groups attached to an aromatic ring is 1. The number of aromatic nitrogens is 2. The first-order valence-corrected chi connectivity index (χ1v) is 8.90. The summed E-state index contributed by atoms with van der Waals surface area (Å²) in [7, 11) is 0. The van der Waals surface area contributed by atoms with Gasteiger partial charge >= 0.3 is 11.7 Å². The quantitative estimate of drug-likeness (QED) is 0.683. The summed E-state index contributed by atoms with van der Waals surface area (Å²) in [5, 5.41) is 2.59. The summed E-state index contributed by atoms with van der Waals surface area (Å²) in [5.41, 5.74) is 5.26. The highest BCUT2D eigenvalue weighted by atomic mass is 16.5. The lowest BCUT2D eigenvalue weighted by Gasteiger charge is -2.14. The summed E-state index contributed by atoms with van der Waals surface area (Å²) in [6.45, 7) is 5.68. The number of hydrogen-bond acceptors (Lipinski definition) is 6. The molecule has 0 radical (unpaired) electrons. The Morgan fingerprint density at radius 3 is 2.36 bits per heavy atom. The van der Waals surface area contributed by atoms with Crippen LogP contribution in [0.4, 0.5) is 11.5 Å². The molecule has 0 aliphatic rings. The van der Waals surface area contributed by atoms with Gasteiger partial charge in [-0.1, -0.05) is 13.8 Å². The zero-order chi connectivity index (χ0) is 20.8. The summed E-state index contributed by atoms with van der Waals surface area (Å²) >= 11 is 0. The number of hydrogen-bond donors (Lipinski definition) is 2. The third kappa shape index (κ3) is 5.09. The van der Waals surface area contributed by atoms with Crippen LogP contribution in [0.5, 0.6) is 0 Å². The van der Waals surface area contributed by atoms with Crippen molar-refractivity contribution in [3.05, 3.63) is 56.7 Å². The highest BCUT2D eigenvalue weighted by molar-refractivity contribution is 5.93. The molecule has 0 bridgehead atoms. The van der Waals surface area contributed by atoms with Gasteiger partial charge in [0.1, 0.15) is 12.4 Å². The smallest absolute Gasteiger partial charge is 0.338 e. The molecule has 3 N–H and O–H groups in total. The molecular weight excluding hydrogens is 364 g/mol. The molecule has 0 saturated heterocycles. The van der Waals surface area contributed by atoms with Crippen molar-refractivity contribution in [1.82, 2.24) is 9.13 Å². The summed E-state index contributed by atoms with van der Waals surface area (Å²) in [6.07, 6.45) is 0. The average molecular weight is 388 g/mol. The number of rotatable bonds is 7. The molecule has 9 nitrogen and oxygen atoms in total. The van der Waals surface area contributed by atoms with Gasteiger partial charge in [0.15, 0.2) is 0 Å². The van der Waals surface area contributed by atoms with Gasteiger partial charge in [0.2, 0.25) is 5.91 Å². The SMILES string of the molecule is CCOC(=O)c1ccc(NC(=O)Cn2c(=O)cc(N)n(CC(C)C)c2=O)cc1. The second-order valence-electron chi connectivity index (χ2n) is 6.63. The predicted octanol–water partition coefficient (Wildman–Crippen LogP) is 1.06. The van der Waals surface area contributed by atoms with Crippen molar-refractivity contribution in [1.29, 1.82) is 0 Å². The Bertz CT molecular complexity index is 973. The Labute approximate surface area is 161 Å². The highest BCUT2D eigenvalue weighted by Gasteiger charge is 2.14. The van der Waals surface area contributed by atoms with E-state index in [1.54, 1.807) is 6.92 Å². The lowest BCUT2D eigenvalue weighted by molar-refractivity contribution is -0.116. The van der Waals surface area contributed by atoms with E-state index in [0.717, 1.165) is 10.6 Å². The molecule has 1 aromatic carbocycles. The number of esters is 1. The van der Waals surface area contributed by atoms with Gasteiger partial charge in [-0.15, -0.1) is 0 Å². The fraction of sp³-hybridized carbons (Fsp3) is 0.368. The van der Waals surface area contributed by atoms with Crippen LogP contribution in [0.3, 0.4) is 0 Å². The summed E-state index contributed by atoms with van der Waals surface area (Å²) in [6, 6.07) is 7.22. The van der Waals surface area contributed by atoms with Gasteiger partial charge in [0.05, 0.1) is 12.2 Å². The van der Waals surface area contributed by atoms with Crippen LogP contribution in [0.15, 0.2) is 39.9 Å². The van der Waals surface area contributed by atoms with Crippen molar-refractivity contribution in [2.24, 2.45) is 5.92 Å². The molecule has 1 aromatic heterocycles. The van der Waals surface area contributed by atoms with Crippen molar-refractivity contribution < 1.29 is 14.3 Å². The standard InChI is InChI=1S/C19H24N4O5/c1-4-28-18(26)13-5-7-14(8-6-13)21-16(24)11-23-17(25)9-15(20)22(19(23)27)10-12(2)3/h5-9,12H,4,10-11,20H2,1-3H3,(H,21,24). The van der Waals surface area contributed by atoms with Crippen LogP contribution in [0, 0.1) is 5.92 Å². The number of carbonyl (C=O) groups is 2. The molecule has 1 amide bonds. The van der Waals surface area contributed by atoms with Crippen molar-refractivity contribution >= 4 is 23.4 Å². The minimum Gasteiger partial charge on any atom is -0.462 e. The van der Waals surface area contributed by atoms with Crippen LogP contribution in [0.1, 0.15) is 31.1 Å². The molecule has 2 aromatic rings. The number of ether oxygens (including phenoxy) is 1. The van der Waals surface area contributed by atoms with Gasteiger partial charge < -0.3 is 15.8 Å². The topological polar surface area (TPSA) is 125 Å². The Morgan fingerprint density at radius 2 is 1.79 bits per heavy atom. The maximum absolute atomic E-state index is 12.5. The molecule has 0 atom stereocenters. The van der Waals surface area contributed by atoms with Crippen LogP contribution in [0.2, 0.25) is 0 Å². The number of amides is 1. The molecule has 0 aliphatic heterocycles. The maximum Gasteiger partial charge on any atom is 0.338 e. The number of nitrogens with zero attached hydrogens (tertiary/aromatic N) is 2. The lowest BCUT2D eigenvalue weighted by Crippen LogP contribution is -2.43. The van der Waals surface area contributed by atoms with Crippen LogP contribution >= 0.6 is 0 Å². The first-order chi connectivity index (χ1) is 13.2. The number of benzene rings is 1. The van der Waals surface area contributed by atoms with Crippen LogP contribution in [0.25, 0.3) is 0 Å². The monoisotopic (exact) mass is 388 g/mol. The molecule has 0 fully saturated rings. The van der Waals surface area contributed by atoms with E-state index in [1.165, 1.54) is 28.8 Å². The van der Waals surface area contributed by atoms with E-state index in [1.807, 2.05) is 13.8 Å². The van der Waals surface area contributed by atoms with E-state index >= 15 is 0 Å². The molecule has 9 heteroatoms. The minimum absolute atomic E-state index is 0.0647. The normalized spacial score (nSPS) is 10.7. The van der Waals surface area contributed by atoms with Crippen molar-refractivity contribution in [2.45, 2.75) is 33.9 Å². The first-order valence-electron chi connectivity index (χ1n) is 8.90. The molecular formula is C19H24N4O5. The fourth-order valence-corrected chi connectivity index (χ4v) is 2.58. The van der Waals surface area contributed by atoms with E-state index in [4.69, 9.17) is 10.5 Å². The number of anilines is 2. The molecule has 2 rings (SSSR count). The Hall–Kier alpha value is -3.36. The second kappa shape index (κ2) is 9.03. The van der Waals surface area contributed by atoms with E-state index in [2.05, 4.69) is 5.32 Å². The van der Waals surface area contributed by atoms with E-state index in [9.17, 15) is 19.2 Å². The molecule has 0 saturated carbocycles. The minimum atomic E-state index is -0.643. The van der Waals surface area contributed by atoms with Gasteiger partial charge in [-0.2, -0.15) is 0 Å². The van der Waals surface area contributed by atoms with Gasteiger partial charge in [-0.3, -0.25) is 18.7 Å². The van der Waals surface area contributed by atoms with E-state index in [-0.39, 0.29) is 18.3 Å². The van der Waals surface area contributed by atoms with Crippen LogP contribution in [-0.4, -0.2) is 27.6 Å². The second-order valence-corrected chi connectivity index (χ2v) is 6.63. The fourth-order valence-electron chi connectivity index (χ4n) is 2.58. The number of nitrogens with two attached hydrogens (primary N) is 1. The maximum atomic E-state index is 12.5. The number of carbonyl (C=O) groups excluding carboxylic acids is 2. The zero-order valence-electron chi connectivity index (χ0n) is 16.1. The van der Waals surface area contributed by atoms with Gasteiger partial charge in [0.25, 0.3) is 5.56 Å². The van der Waals surface area contributed by atoms with Gasteiger partial charge in [-0.05, 0) is 37.1 Å². The summed E-state index contributed by atoms with van der Waals surface area (Å²) in [5.74, 6) is -0.809. The average Bonchev–Trinajstić information content (AvgIpc) is 2.63. The third-order valence-corrected chi connectivity index (χ3v) is 3.84. The Balaban J connectivity index is 2.16. The Morgan fingerprint density at radius 1 is 1.14 bits per heavy atom. The lowest BCUT2D eigenvalue weighted by atomic mass is 10.2. The zero-order valence-corrected chi connectivity index (χ0v) is 16.1. The van der Waals surface area contributed by atoms with E-state index < -0.39 is 29.7 Å². The Kier molecular flexibility index (Phi) is 6.75. The first kappa shape index (κ1) is 20.9. The molecule has 0 aliphatic carbocycles. The molecule has 0 spiro atoms. The van der Waals surface area contributed by atoms with Crippen LogP contribution in [-0.2, 0) is 22.6 Å². The molecule has 1 heterocycles. The summed E-state index contributed by atoms with van der Waals surface area (Å²) < 4.78 is 7.00. The molecule has 28 heavy (non-hydrogen) atoms.